The highest BCUT2D eigenvalue weighted by Crippen LogP contribution is 2.29. The smallest absolute Gasteiger partial charge is 0.278 e. The van der Waals surface area contributed by atoms with E-state index in [0.717, 1.165) is 12.1 Å². The number of amides is 1. The number of carbonyl (C=O) groups is 1. The molecule has 0 aliphatic rings. The molecule has 1 amide bonds. The molecule has 16 heavy (non-hydrogen) atoms. The molecule has 0 aliphatic carbocycles. The fourth-order valence-electron chi connectivity index (χ4n) is 0.954. The van der Waals surface area contributed by atoms with Crippen LogP contribution in [-0.4, -0.2) is 14.8 Å². The Labute approximate surface area is 89.1 Å². The fourth-order valence-corrected chi connectivity index (χ4v) is 1.71. The second-order valence-corrected chi connectivity index (χ2v) is 4.48. The first-order valence-corrected chi connectivity index (χ1v) is 5.39. The van der Waals surface area contributed by atoms with Gasteiger partial charge in [0.05, 0.1) is 10.5 Å². The van der Waals surface area contributed by atoms with E-state index in [1.165, 1.54) is 4.72 Å². The first-order chi connectivity index (χ1) is 7.27. The van der Waals surface area contributed by atoms with Crippen molar-refractivity contribution in [3.05, 3.63) is 29.8 Å². The summed E-state index contributed by atoms with van der Waals surface area (Å²) in [5.74, 6) is 0. The van der Waals surface area contributed by atoms with Gasteiger partial charge in [-0.15, -0.1) is 0 Å². The fraction of sp³-hybridized carbons (Fsp3) is 0.125. The van der Waals surface area contributed by atoms with Gasteiger partial charge in [0.25, 0.3) is 10.0 Å². The molecule has 1 aromatic rings. The summed E-state index contributed by atoms with van der Waals surface area (Å²) in [7, 11) is -4.06. The summed E-state index contributed by atoms with van der Waals surface area (Å²) < 4.78 is 60.3. The van der Waals surface area contributed by atoms with Crippen molar-refractivity contribution in [2.24, 2.45) is 0 Å². The number of hydrogen-bond donors (Lipinski definition) is 1. The molecule has 0 unspecified atom stereocenters. The molecule has 0 heterocycles. The Bertz CT molecular complexity index is 478. The van der Waals surface area contributed by atoms with Crippen molar-refractivity contribution < 1.29 is 26.4 Å². The first-order valence-electron chi connectivity index (χ1n) is 3.90. The van der Waals surface area contributed by atoms with Crippen LogP contribution in [0.25, 0.3) is 0 Å². The van der Waals surface area contributed by atoms with E-state index in [1.807, 2.05) is 0 Å². The zero-order chi connectivity index (χ0) is 12.4. The molecule has 4 nitrogen and oxygen atoms in total. The lowest BCUT2D eigenvalue weighted by atomic mass is 10.2. The van der Waals surface area contributed by atoms with E-state index in [9.17, 15) is 26.4 Å². The Morgan fingerprint density at radius 3 is 2.00 bits per heavy atom. The Kier molecular flexibility index (Phi) is 3.22. The third-order valence-corrected chi connectivity index (χ3v) is 2.99. The zero-order valence-electron chi connectivity index (χ0n) is 7.65. The minimum atomic E-state index is -4.53. The first kappa shape index (κ1) is 12.5. The minimum absolute atomic E-state index is 0.0625. The minimum Gasteiger partial charge on any atom is -0.278 e. The van der Waals surface area contributed by atoms with E-state index in [4.69, 9.17) is 0 Å². The molecule has 0 bridgehead atoms. The molecular weight excluding hydrogens is 247 g/mol. The van der Waals surface area contributed by atoms with E-state index in [0.29, 0.717) is 12.1 Å². The lowest BCUT2D eigenvalue weighted by Gasteiger charge is -2.07. The van der Waals surface area contributed by atoms with Crippen LogP contribution < -0.4 is 4.72 Å². The molecule has 0 fully saturated rings. The molecule has 0 atom stereocenters. The second-order valence-electron chi connectivity index (χ2n) is 2.76. The summed E-state index contributed by atoms with van der Waals surface area (Å²) in [5.41, 5.74) is -0.961. The average Bonchev–Trinajstić information content (AvgIpc) is 2.16. The van der Waals surface area contributed by atoms with Crippen LogP contribution in [0.4, 0.5) is 13.2 Å². The lowest BCUT2D eigenvalue weighted by molar-refractivity contribution is -0.137. The standard InChI is InChI=1S/C8H6F3NO3S/c9-8(10,11)6-1-3-7(4-2-6)16(14,15)12-5-13/h1-5H,(H,12,13). The summed E-state index contributed by atoms with van der Waals surface area (Å²) in [6, 6.07) is 2.79. The van der Waals surface area contributed by atoms with Gasteiger partial charge in [-0.05, 0) is 24.3 Å². The second kappa shape index (κ2) is 4.12. The molecule has 8 heteroatoms. The number of halogens is 3. The quantitative estimate of drug-likeness (QED) is 0.821. The van der Waals surface area contributed by atoms with Crippen molar-refractivity contribution in [1.82, 2.24) is 4.72 Å². The normalized spacial score (nSPS) is 12.2. The largest absolute Gasteiger partial charge is 0.416 e. The molecule has 88 valence electrons. The highest BCUT2D eigenvalue weighted by molar-refractivity contribution is 7.90. The predicted octanol–water partition coefficient (Wildman–Crippen LogP) is 1.14. The van der Waals surface area contributed by atoms with Crippen molar-refractivity contribution >= 4 is 16.4 Å². The van der Waals surface area contributed by atoms with Crippen LogP contribution in [0.2, 0.25) is 0 Å². The van der Waals surface area contributed by atoms with Crippen molar-refractivity contribution in [1.29, 1.82) is 0 Å². The maximum absolute atomic E-state index is 12.1. The monoisotopic (exact) mass is 253 g/mol. The van der Waals surface area contributed by atoms with Crippen molar-refractivity contribution in [2.75, 3.05) is 0 Å². The highest BCUT2D eigenvalue weighted by atomic mass is 32.2. The molecule has 0 saturated carbocycles. The number of sulfonamides is 1. The van der Waals surface area contributed by atoms with Crippen molar-refractivity contribution in [3.63, 3.8) is 0 Å². The van der Waals surface area contributed by atoms with Gasteiger partial charge in [0, 0.05) is 0 Å². The number of hydrogen-bond acceptors (Lipinski definition) is 3. The molecular formula is C8H6F3NO3S. The topological polar surface area (TPSA) is 63.2 Å². The summed E-state index contributed by atoms with van der Waals surface area (Å²) in [6.07, 6.45) is -4.59. The van der Waals surface area contributed by atoms with Gasteiger partial charge in [0.2, 0.25) is 6.41 Å². The Hall–Kier alpha value is -1.57. The summed E-state index contributed by atoms with van der Waals surface area (Å²) in [4.78, 5) is 9.54. The van der Waals surface area contributed by atoms with Gasteiger partial charge in [0.1, 0.15) is 0 Å². The third kappa shape index (κ3) is 2.72. The molecule has 1 rings (SSSR count). The Morgan fingerprint density at radius 1 is 1.12 bits per heavy atom. The van der Waals surface area contributed by atoms with E-state index in [2.05, 4.69) is 0 Å². The molecule has 1 aromatic carbocycles. The molecule has 1 N–H and O–H groups in total. The molecule has 0 radical (unpaired) electrons. The Morgan fingerprint density at radius 2 is 1.62 bits per heavy atom. The number of carbonyl (C=O) groups excluding carboxylic acids is 1. The van der Waals surface area contributed by atoms with Gasteiger partial charge in [-0.1, -0.05) is 0 Å². The number of rotatable bonds is 3. The molecule has 0 aromatic heterocycles. The molecule has 0 saturated heterocycles. The summed E-state index contributed by atoms with van der Waals surface area (Å²) >= 11 is 0. The van der Waals surface area contributed by atoms with Gasteiger partial charge in [-0.25, -0.2) is 8.42 Å². The molecule has 0 spiro atoms. The summed E-state index contributed by atoms with van der Waals surface area (Å²) in [5, 5.41) is 0. The maximum atomic E-state index is 12.1. The zero-order valence-corrected chi connectivity index (χ0v) is 8.47. The summed E-state index contributed by atoms with van der Waals surface area (Å²) in [6.45, 7) is 0. The van der Waals surface area contributed by atoms with Crippen LogP contribution in [-0.2, 0) is 21.0 Å². The van der Waals surface area contributed by atoms with Crippen molar-refractivity contribution in [3.8, 4) is 0 Å². The lowest BCUT2D eigenvalue weighted by Crippen LogP contribution is -2.21. The van der Waals surface area contributed by atoms with E-state index in [-0.39, 0.29) is 6.41 Å². The van der Waals surface area contributed by atoms with E-state index < -0.39 is 26.7 Å². The average molecular weight is 253 g/mol. The van der Waals surface area contributed by atoms with E-state index in [1.54, 1.807) is 0 Å². The third-order valence-electron chi connectivity index (χ3n) is 1.70. The number of nitrogens with one attached hydrogen (secondary N) is 1. The predicted molar refractivity (Wildman–Crippen MR) is 47.8 cm³/mol. The van der Waals surface area contributed by atoms with Crippen LogP contribution in [0.5, 0.6) is 0 Å². The van der Waals surface area contributed by atoms with Gasteiger partial charge in [-0.3, -0.25) is 9.52 Å². The van der Waals surface area contributed by atoms with Crippen molar-refractivity contribution in [2.45, 2.75) is 11.1 Å². The number of benzene rings is 1. The van der Waals surface area contributed by atoms with Crippen LogP contribution >= 0.6 is 0 Å². The van der Waals surface area contributed by atoms with Gasteiger partial charge < -0.3 is 0 Å². The van der Waals surface area contributed by atoms with E-state index >= 15 is 0 Å². The maximum Gasteiger partial charge on any atom is 0.416 e. The number of alkyl halides is 3. The van der Waals surface area contributed by atoms with Gasteiger partial charge in [0.15, 0.2) is 0 Å². The van der Waals surface area contributed by atoms with Gasteiger partial charge >= 0.3 is 6.18 Å². The van der Waals surface area contributed by atoms with Gasteiger partial charge in [-0.2, -0.15) is 13.2 Å². The van der Waals surface area contributed by atoms with Crippen LogP contribution in [0.1, 0.15) is 5.56 Å². The highest BCUT2D eigenvalue weighted by Gasteiger charge is 2.30. The van der Waals surface area contributed by atoms with Crippen LogP contribution in [0.15, 0.2) is 29.2 Å². The van der Waals surface area contributed by atoms with Crippen LogP contribution in [0, 0.1) is 0 Å². The van der Waals surface area contributed by atoms with Crippen LogP contribution in [0.3, 0.4) is 0 Å². The SMILES string of the molecule is O=CNS(=O)(=O)c1ccc(C(F)(F)F)cc1. The Balaban J connectivity index is 3.09. The molecule has 0 aliphatic heterocycles.